The molecule has 0 unspecified atom stereocenters. The SMILES string of the molecule is N=C(N)N1CC[C@@H](NC(=O)O)C1. The Kier molecular flexibility index (Phi) is 2.37. The summed E-state index contributed by atoms with van der Waals surface area (Å²) < 4.78 is 0. The van der Waals surface area contributed by atoms with Crippen molar-refractivity contribution in [1.29, 1.82) is 5.41 Å². The third-order valence-electron chi connectivity index (χ3n) is 1.86. The standard InChI is InChI=1S/C6H12N4O2/c7-5(8)10-2-1-4(3-10)9-6(11)12/h4,9H,1-3H2,(H3,7,8)(H,11,12)/t4-/m1/s1. The molecule has 1 aliphatic heterocycles. The second-order valence-electron chi connectivity index (χ2n) is 2.77. The van der Waals surface area contributed by atoms with Gasteiger partial charge in [-0.05, 0) is 6.42 Å². The molecule has 12 heavy (non-hydrogen) atoms. The van der Waals surface area contributed by atoms with Crippen molar-refractivity contribution in [2.24, 2.45) is 5.73 Å². The van der Waals surface area contributed by atoms with Crippen LogP contribution in [0.1, 0.15) is 6.42 Å². The number of guanidine groups is 1. The number of hydrogen-bond donors (Lipinski definition) is 4. The molecule has 0 spiro atoms. The van der Waals surface area contributed by atoms with Crippen LogP contribution in [0.4, 0.5) is 4.79 Å². The number of carbonyl (C=O) groups is 1. The van der Waals surface area contributed by atoms with E-state index in [1.54, 1.807) is 4.90 Å². The predicted molar refractivity (Wildman–Crippen MR) is 43.1 cm³/mol. The minimum atomic E-state index is -1.02. The van der Waals surface area contributed by atoms with Crippen molar-refractivity contribution in [1.82, 2.24) is 10.2 Å². The first-order valence-corrected chi connectivity index (χ1v) is 3.68. The highest BCUT2D eigenvalue weighted by molar-refractivity contribution is 5.75. The molecule has 0 aromatic heterocycles. The molecule has 6 nitrogen and oxygen atoms in total. The van der Waals surface area contributed by atoms with Gasteiger partial charge < -0.3 is 21.1 Å². The monoisotopic (exact) mass is 172 g/mol. The molecule has 68 valence electrons. The lowest BCUT2D eigenvalue weighted by molar-refractivity contribution is 0.190. The summed E-state index contributed by atoms with van der Waals surface area (Å²) in [6, 6.07) is -0.0913. The van der Waals surface area contributed by atoms with Crippen molar-refractivity contribution < 1.29 is 9.90 Å². The Labute approximate surface area is 69.8 Å². The summed E-state index contributed by atoms with van der Waals surface area (Å²) >= 11 is 0. The first kappa shape index (κ1) is 8.63. The van der Waals surface area contributed by atoms with Crippen molar-refractivity contribution in [2.45, 2.75) is 12.5 Å². The summed E-state index contributed by atoms with van der Waals surface area (Å²) in [5.74, 6) is 0.00434. The van der Waals surface area contributed by atoms with Crippen LogP contribution in [0.5, 0.6) is 0 Å². The summed E-state index contributed by atoms with van der Waals surface area (Å²) in [5, 5.41) is 17.8. The Balaban J connectivity index is 2.35. The molecule has 0 radical (unpaired) electrons. The van der Waals surface area contributed by atoms with Gasteiger partial charge in [0.25, 0.3) is 0 Å². The third kappa shape index (κ3) is 2.01. The van der Waals surface area contributed by atoms with Gasteiger partial charge in [0.05, 0.1) is 6.04 Å². The van der Waals surface area contributed by atoms with Gasteiger partial charge in [-0.3, -0.25) is 5.41 Å². The molecule has 6 heteroatoms. The largest absolute Gasteiger partial charge is 0.465 e. The number of hydrogen-bond acceptors (Lipinski definition) is 2. The van der Waals surface area contributed by atoms with Gasteiger partial charge in [0, 0.05) is 13.1 Å². The maximum atomic E-state index is 10.2. The zero-order chi connectivity index (χ0) is 9.14. The average molecular weight is 172 g/mol. The molecule has 5 N–H and O–H groups in total. The van der Waals surface area contributed by atoms with Crippen molar-refractivity contribution in [3.05, 3.63) is 0 Å². The van der Waals surface area contributed by atoms with Gasteiger partial charge in [0.2, 0.25) is 0 Å². The van der Waals surface area contributed by atoms with Gasteiger partial charge in [-0.2, -0.15) is 0 Å². The van der Waals surface area contributed by atoms with Crippen LogP contribution in [-0.4, -0.2) is 41.2 Å². The van der Waals surface area contributed by atoms with Crippen LogP contribution >= 0.6 is 0 Å². The van der Waals surface area contributed by atoms with E-state index in [1.165, 1.54) is 0 Å². The Bertz CT molecular complexity index is 206. The molecule has 1 atom stereocenters. The maximum Gasteiger partial charge on any atom is 0.404 e. The van der Waals surface area contributed by atoms with E-state index in [1.807, 2.05) is 0 Å². The first-order valence-electron chi connectivity index (χ1n) is 3.68. The average Bonchev–Trinajstić information content (AvgIpc) is 2.34. The number of likely N-dealkylation sites (tertiary alicyclic amines) is 1. The Morgan fingerprint density at radius 2 is 2.42 bits per heavy atom. The van der Waals surface area contributed by atoms with E-state index in [0.717, 1.165) is 0 Å². The molecule has 0 bridgehead atoms. The molecule has 1 rings (SSSR count). The van der Waals surface area contributed by atoms with Crippen LogP contribution in [0, 0.1) is 5.41 Å². The van der Waals surface area contributed by atoms with E-state index < -0.39 is 6.09 Å². The Hall–Kier alpha value is -1.46. The first-order chi connectivity index (χ1) is 5.59. The quantitative estimate of drug-likeness (QED) is 0.308. The van der Waals surface area contributed by atoms with Crippen LogP contribution in [0.3, 0.4) is 0 Å². The molecule has 0 aromatic rings. The van der Waals surface area contributed by atoms with E-state index >= 15 is 0 Å². The van der Waals surface area contributed by atoms with Gasteiger partial charge in [-0.1, -0.05) is 0 Å². The molecule has 1 amide bonds. The van der Waals surface area contributed by atoms with Gasteiger partial charge in [-0.25, -0.2) is 4.79 Å². The lowest BCUT2D eigenvalue weighted by atomic mass is 10.3. The topological polar surface area (TPSA) is 102 Å². The zero-order valence-electron chi connectivity index (χ0n) is 6.58. The fourth-order valence-corrected chi connectivity index (χ4v) is 1.27. The second kappa shape index (κ2) is 3.29. The van der Waals surface area contributed by atoms with Crippen molar-refractivity contribution in [2.75, 3.05) is 13.1 Å². The van der Waals surface area contributed by atoms with Gasteiger partial charge >= 0.3 is 6.09 Å². The smallest absolute Gasteiger partial charge is 0.404 e. The lowest BCUT2D eigenvalue weighted by Crippen LogP contribution is -2.39. The molecule has 0 saturated carbocycles. The predicted octanol–water partition coefficient (Wildman–Crippen LogP) is -0.778. The maximum absolute atomic E-state index is 10.2. The summed E-state index contributed by atoms with van der Waals surface area (Å²) in [5.41, 5.74) is 5.22. The number of carboxylic acid groups (broad SMARTS) is 1. The number of amides is 1. The molecule has 1 saturated heterocycles. The second-order valence-corrected chi connectivity index (χ2v) is 2.77. The molecular weight excluding hydrogens is 160 g/mol. The summed E-state index contributed by atoms with van der Waals surface area (Å²) in [4.78, 5) is 11.9. The minimum absolute atomic E-state index is 0.00434. The normalized spacial score (nSPS) is 22.3. The molecule has 1 heterocycles. The van der Waals surface area contributed by atoms with Crippen molar-refractivity contribution >= 4 is 12.1 Å². The fourth-order valence-electron chi connectivity index (χ4n) is 1.27. The summed E-state index contributed by atoms with van der Waals surface area (Å²) in [7, 11) is 0. The van der Waals surface area contributed by atoms with Gasteiger partial charge in [0.1, 0.15) is 0 Å². The third-order valence-corrected chi connectivity index (χ3v) is 1.86. The Morgan fingerprint density at radius 1 is 1.75 bits per heavy atom. The van der Waals surface area contributed by atoms with Gasteiger partial charge in [0.15, 0.2) is 5.96 Å². The van der Waals surface area contributed by atoms with E-state index in [4.69, 9.17) is 16.2 Å². The molecule has 1 aliphatic rings. The summed E-state index contributed by atoms with van der Waals surface area (Å²) in [6.45, 7) is 1.15. The fraction of sp³-hybridized carbons (Fsp3) is 0.667. The number of nitrogens with one attached hydrogen (secondary N) is 2. The van der Waals surface area contributed by atoms with Crippen molar-refractivity contribution in [3.8, 4) is 0 Å². The van der Waals surface area contributed by atoms with Crippen LogP contribution in [0.15, 0.2) is 0 Å². The highest BCUT2D eigenvalue weighted by Crippen LogP contribution is 2.07. The molecule has 0 aliphatic carbocycles. The van der Waals surface area contributed by atoms with E-state index in [2.05, 4.69) is 5.32 Å². The van der Waals surface area contributed by atoms with Crippen LogP contribution in [0.2, 0.25) is 0 Å². The molecule has 1 fully saturated rings. The lowest BCUT2D eigenvalue weighted by Gasteiger charge is -2.15. The van der Waals surface area contributed by atoms with Gasteiger partial charge in [-0.15, -0.1) is 0 Å². The molecule has 0 aromatic carbocycles. The van der Waals surface area contributed by atoms with E-state index in [-0.39, 0.29) is 12.0 Å². The highest BCUT2D eigenvalue weighted by atomic mass is 16.4. The number of nitrogens with two attached hydrogens (primary N) is 1. The van der Waals surface area contributed by atoms with Crippen LogP contribution in [0.25, 0.3) is 0 Å². The van der Waals surface area contributed by atoms with Crippen LogP contribution in [-0.2, 0) is 0 Å². The summed E-state index contributed by atoms with van der Waals surface area (Å²) in [6.07, 6.45) is -0.309. The zero-order valence-corrected chi connectivity index (χ0v) is 6.58. The number of rotatable bonds is 1. The number of nitrogens with zero attached hydrogens (tertiary/aromatic N) is 1. The molecular formula is C6H12N4O2. The van der Waals surface area contributed by atoms with Crippen LogP contribution < -0.4 is 11.1 Å². The van der Waals surface area contributed by atoms with Crippen molar-refractivity contribution in [3.63, 3.8) is 0 Å². The Morgan fingerprint density at radius 3 is 2.83 bits per heavy atom. The minimum Gasteiger partial charge on any atom is -0.465 e. The highest BCUT2D eigenvalue weighted by Gasteiger charge is 2.23. The van der Waals surface area contributed by atoms with E-state index in [9.17, 15) is 4.79 Å². The van der Waals surface area contributed by atoms with E-state index in [0.29, 0.717) is 19.5 Å².